The Hall–Kier alpha value is -2.60. The molecule has 26 heavy (non-hydrogen) atoms. The van der Waals surface area contributed by atoms with Gasteiger partial charge in [0.15, 0.2) is 0 Å². The molecule has 0 radical (unpaired) electrons. The maximum Gasteiger partial charge on any atom is 0.253 e. The summed E-state index contributed by atoms with van der Waals surface area (Å²) in [6.45, 7) is 5.17. The van der Waals surface area contributed by atoms with Crippen molar-refractivity contribution in [1.29, 1.82) is 0 Å². The maximum atomic E-state index is 12.9. The van der Waals surface area contributed by atoms with Gasteiger partial charge in [0.25, 0.3) is 5.91 Å². The van der Waals surface area contributed by atoms with Crippen LogP contribution in [0.25, 0.3) is 11.0 Å². The lowest BCUT2D eigenvalue weighted by molar-refractivity contribution is 0.0767. The fourth-order valence-electron chi connectivity index (χ4n) is 3.46. The van der Waals surface area contributed by atoms with Gasteiger partial charge in [0.05, 0.1) is 0 Å². The molecule has 1 aliphatic heterocycles. The van der Waals surface area contributed by atoms with E-state index in [1.165, 1.54) is 0 Å². The molecule has 0 unspecified atom stereocenters. The first-order chi connectivity index (χ1) is 12.6. The molecule has 2 aromatic carbocycles. The van der Waals surface area contributed by atoms with Gasteiger partial charge in [-0.25, -0.2) is 0 Å². The van der Waals surface area contributed by atoms with Crippen molar-refractivity contribution >= 4 is 34.2 Å². The molecule has 2 heterocycles. The average molecular weight is 370 g/mol. The Morgan fingerprint density at radius 2 is 1.92 bits per heavy atom. The molecule has 134 valence electrons. The second-order valence-electron chi connectivity index (χ2n) is 6.54. The van der Waals surface area contributed by atoms with Crippen LogP contribution >= 0.6 is 11.6 Å². The average Bonchev–Trinajstić information content (AvgIpc) is 2.99. The summed E-state index contributed by atoms with van der Waals surface area (Å²) in [7, 11) is 0. The minimum atomic E-state index is 0.0413. The van der Waals surface area contributed by atoms with Gasteiger partial charge < -0.3 is 9.80 Å². The van der Waals surface area contributed by atoms with Crippen molar-refractivity contribution in [2.75, 3.05) is 31.1 Å². The zero-order chi connectivity index (χ0) is 18.1. The van der Waals surface area contributed by atoms with Crippen molar-refractivity contribution in [3.63, 3.8) is 0 Å². The Morgan fingerprint density at radius 1 is 1.08 bits per heavy atom. The van der Waals surface area contributed by atoms with Crippen LogP contribution in [0.15, 0.2) is 36.4 Å². The highest BCUT2D eigenvalue weighted by atomic mass is 35.5. The van der Waals surface area contributed by atoms with Crippen molar-refractivity contribution in [2.45, 2.75) is 13.3 Å². The quantitative estimate of drug-likeness (QED) is 0.753. The number of halogens is 1. The first-order valence-corrected chi connectivity index (χ1v) is 9.11. The number of aromatic amines is 1. The van der Waals surface area contributed by atoms with Crippen LogP contribution in [0.2, 0.25) is 5.02 Å². The van der Waals surface area contributed by atoms with E-state index in [0.717, 1.165) is 47.8 Å². The van der Waals surface area contributed by atoms with Crippen LogP contribution in [0, 0.1) is 6.92 Å². The molecular formula is C19H20ClN5O. The van der Waals surface area contributed by atoms with E-state index in [0.29, 0.717) is 17.6 Å². The molecule has 0 aliphatic carbocycles. The molecule has 4 rings (SSSR count). The lowest BCUT2D eigenvalue weighted by Crippen LogP contribution is -2.35. The van der Waals surface area contributed by atoms with Crippen molar-refractivity contribution in [3.8, 4) is 0 Å². The number of aromatic nitrogens is 3. The lowest BCUT2D eigenvalue weighted by atomic mass is 10.1. The molecule has 0 saturated carbocycles. The van der Waals surface area contributed by atoms with Crippen LogP contribution < -0.4 is 4.90 Å². The van der Waals surface area contributed by atoms with E-state index in [2.05, 4.69) is 26.4 Å². The zero-order valence-electron chi connectivity index (χ0n) is 14.6. The smallest absolute Gasteiger partial charge is 0.253 e. The van der Waals surface area contributed by atoms with E-state index in [9.17, 15) is 4.79 Å². The molecule has 6 nitrogen and oxygen atoms in total. The van der Waals surface area contributed by atoms with Gasteiger partial charge in [-0.05, 0) is 49.2 Å². The second-order valence-corrected chi connectivity index (χ2v) is 6.95. The number of H-pyrrole nitrogens is 1. The molecule has 1 saturated heterocycles. The van der Waals surface area contributed by atoms with Gasteiger partial charge in [0.1, 0.15) is 11.0 Å². The highest BCUT2D eigenvalue weighted by Crippen LogP contribution is 2.27. The van der Waals surface area contributed by atoms with E-state index in [1.54, 1.807) is 6.07 Å². The number of carbonyl (C=O) groups is 1. The number of nitrogens with one attached hydrogen (secondary N) is 1. The van der Waals surface area contributed by atoms with Crippen LogP contribution in [-0.2, 0) is 0 Å². The highest BCUT2D eigenvalue weighted by Gasteiger charge is 2.22. The number of anilines is 1. The third kappa shape index (κ3) is 3.12. The minimum Gasteiger partial charge on any atom is -0.369 e. The van der Waals surface area contributed by atoms with Crippen LogP contribution in [-0.4, -0.2) is 52.4 Å². The Morgan fingerprint density at radius 3 is 2.81 bits per heavy atom. The molecule has 3 aromatic rings. The fraction of sp³-hybridized carbons (Fsp3) is 0.316. The van der Waals surface area contributed by atoms with Crippen LogP contribution in [0.1, 0.15) is 22.3 Å². The van der Waals surface area contributed by atoms with E-state index in [1.807, 2.05) is 36.1 Å². The number of nitrogens with zero attached hydrogens (tertiary/aromatic N) is 4. The summed E-state index contributed by atoms with van der Waals surface area (Å²) < 4.78 is 0. The lowest BCUT2D eigenvalue weighted by Gasteiger charge is -2.25. The van der Waals surface area contributed by atoms with E-state index >= 15 is 0 Å². The van der Waals surface area contributed by atoms with E-state index in [-0.39, 0.29) is 5.91 Å². The zero-order valence-corrected chi connectivity index (χ0v) is 15.3. The topological polar surface area (TPSA) is 65.1 Å². The highest BCUT2D eigenvalue weighted by molar-refractivity contribution is 6.31. The molecule has 1 N–H and O–H groups in total. The Balaban J connectivity index is 1.51. The minimum absolute atomic E-state index is 0.0413. The van der Waals surface area contributed by atoms with Gasteiger partial charge in [-0.2, -0.15) is 15.4 Å². The summed E-state index contributed by atoms with van der Waals surface area (Å²) in [5, 5.41) is 11.5. The molecular weight excluding hydrogens is 350 g/mol. The Bertz CT molecular complexity index is 954. The van der Waals surface area contributed by atoms with Gasteiger partial charge in [-0.1, -0.05) is 17.7 Å². The number of rotatable bonds is 2. The molecule has 1 fully saturated rings. The number of fused-ring (bicyclic) bond motifs is 1. The van der Waals surface area contributed by atoms with E-state index < -0.39 is 0 Å². The second kappa shape index (κ2) is 6.96. The predicted octanol–water partition coefficient (Wildman–Crippen LogP) is 3.27. The third-order valence-corrected chi connectivity index (χ3v) is 5.34. The Labute approximate surface area is 156 Å². The monoisotopic (exact) mass is 369 g/mol. The van der Waals surface area contributed by atoms with Crippen molar-refractivity contribution < 1.29 is 4.79 Å². The van der Waals surface area contributed by atoms with Gasteiger partial charge in [0, 0.05) is 42.5 Å². The summed E-state index contributed by atoms with van der Waals surface area (Å²) in [4.78, 5) is 17.1. The van der Waals surface area contributed by atoms with Crippen LogP contribution in [0.5, 0.6) is 0 Å². The summed E-state index contributed by atoms with van der Waals surface area (Å²) in [5.74, 6) is 0.0413. The number of benzene rings is 2. The summed E-state index contributed by atoms with van der Waals surface area (Å²) in [5.41, 5.74) is 4.36. The first-order valence-electron chi connectivity index (χ1n) is 8.73. The summed E-state index contributed by atoms with van der Waals surface area (Å²) in [6.07, 6.45) is 0.921. The molecule has 7 heteroatoms. The van der Waals surface area contributed by atoms with Gasteiger partial charge in [-0.3, -0.25) is 4.79 Å². The Kier molecular flexibility index (Phi) is 4.51. The largest absolute Gasteiger partial charge is 0.369 e. The number of hydrogen-bond acceptors (Lipinski definition) is 4. The SMILES string of the molecule is Cc1c(Cl)cccc1N1CCCN(C(=O)c2ccc3n[nH]nc3c2)CC1. The van der Waals surface area contributed by atoms with Gasteiger partial charge in [-0.15, -0.1) is 0 Å². The predicted molar refractivity (Wildman–Crippen MR) is 103 cm³/mol. The molecule has 0 bridgehead atoms. The first kappa shape index (κ1) is 16.8. The third-order valence-electron chi connectivity index (χ3n) is 4.93. The van der Waals surface area contributed by atoms with Crippen LogP contribution in [0.4, 0.5) is 5.69 Å². The van der Waals surface area contributed by atoms with Gasteiger partial charge >= 0.3 is 0 Å². The number of hydrogen-bond donors (Lipinski definition) is 1. The van der Waals surface area contributed by atoms with Crippen LogP contribution in [0.3, 0.4) is 0 Å². The fourth-order valence-corrected chi connectivity index (χ4v) is 3.63. The standard InChI is InChI=1S/C19H20ClN5O/c1-13-15(20)4-2-5-18(13)24-8-3-9-25(11-10-24)19(26)14-6-7-16-17(12-14)22-23-21-16/h2,4-7,12H,3,8-11H2,1H3,(H,21,22,23). The summed E-state index contributed by atoms with van der Waals surface area (Å²) in [6, 6.07) is 11.4. The molecule has 1 aliphatic rings. The summed E-state index contributed by atoms with van der Waals surface area (Å²) >= 11 is 6.27. The molecule has 0 atom stereocenters. The molecule has 0 spiro atoms. The van der Waals surface area contributed by atoms with Crippen molar-refractivity contribution in [1.82, 2.24) is 20.3 Å². The van der Waals surface area contributed by atoms with Crippen molar-refractivity contribution in [2.24, 2.45) is 0 Å². The van der Waals surface area contributed by atoms with Crippen molar-refractivity contribution in [3.05, 3.63) is 52.5 Å². The number of amides is 1. The maximum absolute atomic E-state index is 12.9. The number of carbonyl (C=O) groups excluding carboxylic acids is 1. The molecule has 1 aromatic heterocycles. The molecule has 1 amide bonds. The normalized spacial score (nSPS) is 15.3. The van der Waals surface area contributed by atoms with Gasteiger partial charge in [0.2, 0.25) is 0 Å². The van der Waals surface area contributed by atoms with E-state index in [4.69, 9.17) is 11.6 Å².